The first-order valence-corrected chi connectivity index (χ1v) is 9.46. The summed E-state index contributed by atoms with van der Waals surface area (Å²) in [5.74, 6) is 1.08. The maximum absolute atomic E-state index is 12.1. The molecule has 2 rings (SSSR count). The van der Waals surface area contributed by atoms with Gasteiger partial charge in [0.05, 0.1) is 0 Å². The molecule has 1 unspecified atom stereocenters. The average Bonchev–Trinajstić information content (AvgIpc) is 3.04. The summed E-state index contributed by atoms with van der Waals surface area (Å²) in [7, 11) is 0. The van der Waals surface area contributed by atoms with Crippen LogP contribution in [0.1, 0.15) is 32.8 Å². The van der Waals surface area contributed by atoms with Crippen molar-refractivity contribution >= 4 is 47.4 Å². The van der Waals surface area contributed by atoms with Crippen LogP contribution in [0.15, 0.2) is 29.3 Å². The number of hydrogen-bond donors (Lipinski definition) is 2. The van der Waals surface area contributed by atoms with Crippen molar-refractivity contribution in [1.82, 2.24) is 15.5 Å². The quantitative estimate of drug-likeness (QED) is 0.364. The first-order valence-electron chi connectivity index (χ1n) is 9.08. The second kappa shape index (κ2) is 11.6. The summed E-state index contributed by atoms with van der Waals surface area (Å²) in [5.41, 5.74) is 1.11. The number of amides is 1. The third kappa shape index (κ3) is 6.95. The summed E-state index contributed by atoms with van der Waals surface area (Å²) >= 11 is 6.19. The normalized spacial score (nSPS) is 17.2. The van der Waals surface area contributed by atoms with E-state index < -0.39 is 0 Å². The zero-order valence-electron chi connectivity index (χ0n) is 15.8. The summed E-state index contributed by atoms with van der Waals surface area (Å²) in [6.07, 6.45) is 1.76. The second-order valence-electron chi connectivity index (χ2n) is 6.67. The maximum Gasteiger partial charge on any atom is 0.225 e. The van der Waals surface area contributed by atoms with Gasteiger partial charge < -0.3 is 15.5 Å². The highest BCUT2D eigenvalue weighted by Crippen LogP contribution is 2.15. The molecule has 1 aliphatic heterocycles. The minimum atomic E-state index is 0. The first kappa shape index (κ1) is 23.0. The Morgan fingerprint density at radius 1 is 1.38 bits per heavy atom. The van der Waals surface area contributed by atoms with Gasteiger partial charge in [-0.25, -0.2) is 0 Å². The van der Waals surface area contributed by atoms with E-state index in [1.165, 1.54) is 0 Å². The minimum Gasteiger partial charge on any atom is -0.357 e. The fraction of sp³-hybridized carbons (Fsp3) is 0.579. The van der Waals surface area contributed by atoms with Crippen molar-refractivity contribution in [3.63, 3.8) is 0 Å². The van der Waals surface area contributed by atoms with E-state index >= 15 is 0 Å². The van der Waals surface area contributed by atoms with Crippen LogP contribution in [-0.2, 0) is 11.2 Å². The van der Waals surface area contributed by atoms with Gasteiger partial charge in [-0.1, -0.05) is 43.6 Å². The lowest BCUT2D eigenvalue weighted by Crippen LogP contribution is -2.45. The highest BCUT2D eigenvalue weighted by molar-refractivity contribution is 14.0. The zero-order chi connectivity index (χ0) is 18.2. The second-order valence-corrected chi connectivity index (χ2v) is 7.08. The number of likely N-dealkylation sites (tertiary alicyclic amines) is 1. The Morgan fingerprint density at radius 2 is 2.12 bits per heavy atom. The molecule has 7 heteroatoms. The number of carbonyl (C=O) groups is 1. The van der Waals surface area contributed by atoms with E-state index in [4.69, 9.17) is 11.6 Å². The smallest absolute Gasteiger partial charge is 0.225 e. The van der Waals surface area contributed by atoms with Gasteiger partial charge in [-0.3, -0.25) is 9.79 Å². The molecule has 0 radical (unpaired) electrons. The number of rotatable bonds is 6. The Balaban J connectivity index is 0.00000338. The summed E-state index contributed by atoms with van der Waals surface area (Å²) in [6.45, 7) is 8.97. The van der Waals surface area contributed by atoms with Crippen molar-refractivity contribution in [1.29, 1.82) is 0 Å². The third-order valence-corrected chi connectivity index (χ3v) is 4.66. The molecule has 1 heterocycles. The number of halogens is 2. The Morgan fingerprint density at radius 3 is 2.77 bits per heavy atom. The SMILES string of the molecule is CCNC(=NCCc1ccccc1Cl)NC1CCN(C(=O)C(C)C)C1.I. The number of aliphatic imine (C=N–C) groups is 1. The Bertz CT molecular complexity index is 609. The lowest BCUT2D eigenvalue weighted by Gasteiger charge is -2.20. The van der Waals surface area contributed by atoms with Crippen LogP contribution in [0.5, 0.6) is 0 Å². The molecule has 2 N–H and O–H groups in total. The molecule has 1 atom stereocenters. The fourth-order valence-corrected chi connectivity index (χ4v) is 3.18. The fourth-order valence-electron chi connectivity index (χ4n) is 2.95. The van der Waals surface area contributed by atoms with Crippen LogP contribution in [0.25, 0.3) is 0 Å². The third-order valence-electron chi connectivity index (χ3n) is 4.29. The van der Waals surface area contributed by atoms with E-state index in [0.717, 1.165) is 49.0 Å². The highest BCUT2D eigenvalue weighted by Gasteiger charge is 2.27. The summed E-state index contributed by atoms with van der Waals surface area (Å²) < 4.78 is 0. The molecule has 146 valence electrons. The molecule has 1 aromatic rings. The minimum absolute atomic E-state index is 0. The lowest BCUT2D eigenvalue weighted by molar-refractivity contribution is -0.133. The van der Waals surface area contributed by atoms with Gasteiger partial charge in [-0.15, -0.1) is 24.0 Å². The molecular formula is C19H30ClIN4O. The van der Waals surface area contributed by atoms with Gasteiger partial charge in [0.25, 0.3) is 0 Å². The van der Waals surface area contributed by atoms with E-state index in [1.807, 2.05) is 43.0 Å². The first-order chi connectivity index (χ1) is 12.0. The van der Waals surface area contributed by atoms with Gasteiger partial charge >= 0.3 is 0 Å². The molecule has 1 fully saturated rings. The van der Waals surface area contributed by atoms with E-state index in [-0.39, 0.29) is 41.8 Å². The largest absolute Gasteiger partial charge is 0.357 e. The maximum atomic E-state index is 12.1. The average molecular weight is 493 g/mol. The van der Waals surface area contributed by atoms with E-state index in [0.29, 0.717) is 6.54 Å². The van der Waals surface area contributed by atoms with Crippen LogP contribution in [-0.4, -0.2) is 49.0 Å². The number of nitrogens with one attached hydrogen (secondary N) is 2. The van der Waals surface area contributed by atoms with Gasteiger partial charge in [-0.2, -0.15) is 0 Å². The monoisotopic (exact) mass is 492 g/mol. The number of benzene rings is 1. The summed E-state index contributed by atoms with van der Waals surface area (Å²) in [6, 6.07) is 8.12. The molecular weight excluding hydrogens is 463 g/mol. The molecule has 1 aromatic carbocycles. The summed E-state index contributed by atoms with van der Waals surface area (Å²) in [4.78, 5) is 18.7. The van der Waals surface area contributed by atoms with Gasteiger partial charge in [0, 0.05) is 43.2 Å². The van der Waals surface area contributed by atoms with Gasteiger partial charge in [0.2, 0.25) is 5.91 Å². The Kier molecular flexibility index (Phi) is 10.3. The number of nitrogens with zero attached hydrogens (tertiary/aromatic N) is 2. The molecule has 0 saturated carbocycles. The van der Waals surface area contributed by atoms with E-state index in [9.17, 15) is 4.79 Å². The van der Waals surface area contributed by atoms with Crippen molar-refractivity contribution in [2.24, 2.45) is 10.9 Å². The molecule has 1 saturated heterocycles. The van der Waals surface area contributed by atoms with E-state index in [1.54, 1.807) is 0 Å². The van der Waals surface area contributed by atoms with Crippen molar-refractivity contribution in [3.05, 3.63) is 34.9 Å². The molecule has 1 aliphatic rings. The predicted octanol–water partition coefficient (Wildman–Crippen LogP) is 3.31. The van der Waals surface area contributed by atoms with E-state index in [2.05, 4.69) is 22.5 Å². The predicted molar refractivity (Wildman–Crippen MR) is 120 cm³/mol. The van der Waals surface area contributed by atoms with Crippen LogP contribution >= 0.6 is 35.6 Å². The topological polar surface area (TPSA) is 56.7 Å². The molecule has 0 bridgehead atoms. The Hall–Kier alpha value is -1.02. The highest BCUT2D eigenvalue weighted by atomic mass is 127. The Labute approximate surface area is 179 Å². The molecule has 5 nitrogen and oxygen atoms in total. The van der Waals surface area contributed by atoms with Crippen molar-refractivity contribution in [2.45, 2.75) is 39.7 Å². The standard InChI is InChI=1S/C19H29ClN4O.HI/c1-4-21-19(22-11-9-15-7-5-6-8-17(15)20)23-16-10-12-24(13-16)18(25)14(2)3;/h5-8,14,16H,4,9-13H2,1-3H3,(H2,21,22,23);1H. The molecule has 0 aromatic heterocycles. The molecule has 1 amide bonds. The number of guanidine groups is 1. The molecule has 26 heavy (non-hydrogen) atoms. The van der Waals surface area contributed by atoms with Crippen molar-refractivity contribution in [2.75, 3.05) is 26.2 Å². The van der Waals surface area contributed by atoms with Gasteiger partial charge in [-0.05, 0) is 31.4 Å². The van der Waals surface area contributed by atoms with Crippen molar-refractivity contribution < 1.29 is 4.79 Å². The van der Waals surface area contributed by atoms with Crippen LogP contribution in [0, 0.1) is 5.92 Å². The summed E-state index contributed by atoms with van der Waals surface area (Å²) in [5, 5.41) is 7.52. The number of hydrogen-bond acceptors (Lipinski definition) is 2. The van der Waals surface area contributed by atoms with Crippen LogP contribution in [0.3, 0.4) is 0 Å². The van der Waals surface area contributed by atoms with Crippen LogP contribution in [0.2, 0.25) is 5.02 Å². The van der Waals surface area contributed by atoms with Gasteiger partial charge in [0.1, 0.15) is 0 Å². The van der Waals surface area contributed by atoms with Gasteiger partial charge in [0.15, 0.2) is 5.96 Å². The van der Waals surface area contributed by atoms with Crippen LogP contribution < -0.4 is 10.6 Å². The molecule has 0 aliphatic carbocycles. The zero-order valence-corrected chi connectivity index (χ0v) is 18.9. The van der Waals surface area contributed by atoms with Crippen molar-refractivity contribution in [3.8, 4) is 0 Å². The number of carbonyl (C=O) groups excluding carboxylic acids is 1. The van der Waals surface area contributed by atoms with Crippen LogP contribution in [0.4, 0.5) is 0 Å². The lowest BCUT2D eigenvalue weighted by atomic mass is 10.1. The molecule has 0 spiro atoms.